The minimum Gasteiger partial charge on any atom is -0.496 e. The Bertz CT molecular complexity index is 493. The first-order chi connectivity index (χ1) is 10.3. The predicted octanol–water partition coefficient (Wildman–Crippen LogP) is 3.14. The van der Waals surface area contributed by atoms with E-state index < -0.39 is 0 Å². The fourth-order valence-electron chi connectivity index (χ4n) is 2.80. The Labute approximate surface area is 127 Å². The normalized spacial score (nSPS) is 15.3. The second-order valence-electron chi connectivity index (χ2n) is 5.51. The van der Waals surface area contributed by atoms with Gasteiger partial charge < -0.3 is 14.6 Å². The molecule has 1 aliphatic rings. The van der Waals surface area contributed by atoms with Crippen molar-refractivity contribution in [3.63, 3.8) is 0 Å². The lowest BCUT2D eigenvalue weighted by atomic mass is 9.90. The molecule has 1 aromatic carbocycles. The maximum Gasteiger partial charge on any atom is 0.124 e. The summed E-state index contributed by atoms with van der Waals surface area (Å²) in [6.45, 7) is 1.25. The van der Waals surface area contributed by atoms with Gasteiger partial charge in [0.05, 0.1) is 13.7 Å². The third-order valence-corrected chi connectivity index (χ3v) is 3.93. The summed E-state index contributed by atoms with van der Waals surface area (Å²) in [6, 6.07) is 5.77. The van der Waals surface area contributed by atoms with Crippen LogP contribution in [0, 0.1) is 17.8 Å². The van der Waals surface area contributed by atoms with Crippen molar-refractivity contribution >= 4 is 0 Å². The van der Waals surface area contributed by atoms with Crippen LogP contribution >= 0.6 is 0 Å². The van der Waals surface area contributed by atoms with Crippen LogP contribution in [0.1, 0.15) is 43.2 Å². The highest BCUT2D eigenvalue weighted by Crippen LogP contribution is 2.25. The molecule has 3 nitrogen and oxygen atoms in total. The number of benzene rings is 1. The molecule has 1 saturated carbocycles. The zero-order valence-corrected chi connectivity index (χ0v) is 12.7. The van der Waals surface area contributed by atoms with E-state index in [-0.39, 0.29) is 6.61 Å². The Morgan fingerprint density at radius 2 is 2.05 bits per heavy atom. The molecule has 0 spiro atoms. The number of aliphatic hydroxyl groups is 1. The van der Waals surface area contributed by atoms with Gasteiger partial charge in [0.1, 0.15) is 12.4 Å². The maximum absolute atomic E-state index is 8.76. The van der Waals surface area contributed by atoms with Gasteiger partial charge in [-0.2, -0.15) is 0 Å². The minimum atomic E-state index is -0.125. The van der Waals surface area contributed by atoms with Gasteiger partial charge in [0.15, 0.2) is 0 Å². The minimum absolute atomic E-state index is 0.125. The number of hydrogen-bond acceptors (Lipinski definition) is 3. The third kappa shape index (κ3) is 5.08. The van der Waals surface area contributed by atoms with E-state index in [1.807, 2.05) is 18.2 Å². The Morgan fingerprint density at radius 1 is 1.24 bits per heavy atom. The maximum atomic E-state index is 8.76. The molecule has 3 heteroatoms. The van der Waals surface area contributed by atoms with Crippen molar-refractivity contribution in [2.45, 2.75) is 38.7 Å². The van der Waals surface area contributed by atoms with Crippen molar-refractivity contribution in [3.05, 3.63) is 29.3 Å². The molecule has 0 aromatic heterocycles. The highest BCUT2D eigenvalue weighted by Gasteiger charge is 2.13. The molecule has 1 aromatic rings. The van der Waals surface area contributed by atoms with E-state index in [1.54, 1.807) is 7.11 Å². The first kappa shape index (κ1) is 15.9. The van der Waals surface area contributed by atoms with Crippen molar-refractivity contribution in [1.29, 1.82) is 0 Å². The zero-order valence-electron chi connectivity index (χ0n) is 12.7. The number of rotatable bonds is 5. The summed E-state index contributed by atoms with van der Waals surface area (Å²) in [5.74, 6) is 7.11. The van der Waals surface area contributed by atoms with Crippen molar-refractivity contribution in [2.75, 3.05) is 20.3 Å². The summed E-state index contributed by atoms with van der Waals surface area (Å²) in [5, 5.41) is 8.76. The van der Waals surface area contributed by atoms with Crippen LogP contribution in [0.25, 0.3) is 0 Å². The number of hydrogen-bond donors (Lipinski definition) is 1. The fourth-order valence-corrected chi connectivity index (χ4v) is 2.80. The lowest BCUT2D eigenvalue weighted by Gasteiger charge is -2.21. The van der Waals surface area contributed by atoms with Gasteiger partial charge in [0.2, 0.25) is 0 Å². The van der Waals surface area contributed by atoms with Crippen molar-refractivity contribution in [2.24, 2.45) is 5.92 Å². The van der Waals surface area contributed by atoms with E-state index in [0.29, 0.717) is 12.5 Å². The lowest BCUT2D eigenvalue weighted by Crippen LogP contribution is -2.13. The summed E-state index contributed by atoms with van der Waals surface area (Å²) in [5.41, 5.74) is 1.89. The quantitative estimate of drug-likeness (QED) is 0.846. The molecule has 1 fully saturated rings. The summed E-state index contributed by atoms with van der Waals surface area (Å²) in [4.78, 5) is 0. The number of aliphatic hydroxyl groups excluding tert-OH is 1. The Morgan fingerprint density at radius 3 is 2.76 bits per heavy atom. The molecule has 1 aliphatic carbocycles. The monoisotopic (exact) mass is 288 g/mol. The van der Waals surface area contributed by atoms with Gasteiger partial charge in [-0.05, 0) is 37.0 Å². The Balaban J connectivity index is 1.93. The zero-order chi connectivity index (χ0) is 14.9. The topological polar surface area (TPSA) is 38.7 Å². The molecular weight excluding hydrogens is 264 g/mol. The molecule has 21 heavy (non-hydrogen) atoms. The smallest absolute Gasteiger partial charge is 0.124 e. The van der Waals surface area contributed by atoms with Crippen molar-refractivity contribution < 1.29 is 14.6 Å². The first-order valence-electron chi connectivity index (χ1n) is 7.68. The van der Waals surface area contributed by atoms with E-state index in [0.717, 1.165) is 23.5 Å². The van der Waals surface area contributed by atoms with Crippen LogP contribution in [-0.4, -0.2) is 25.4 Å². The van der Waals surface area contributed by atoms with E-state index in [1.165, 1.54) is 32.1 Å². The molecule has 0 amide bonds. The number of methoxy groups -OCH3 is 1. The van der Waals surface area contributed by atoms with Gasteiger partial charge in [-0.15, -0.1) is 0 Å². The summed E-state index contributed by atoms with van der Waals surface area (Å²) in [6.07, 6.45) is 6.63. The molecule has 2 rings (SSSR count). The van der Waals surface area contributed by atoms with Crippen molar-refractivity contribution in [1.82, 2.24) is 0 Å². The van der Waals surface area contributed by atoms with Crippen LogP contribution in [0.4, 0.5) is 0 Å². The molecular formula is C18H24O3. The molecule has 0 saturated heterocycles. The van der Waals surface area contributed by atoms with E-state index in [9.17, 15) is 0 Å². The molecule has 0 bridgehead atoms. The average molecular weight is 288 g/mol. The van der Waals surface area contributed by atoms with Gasteiger partial charge in [-0.25, -0.2) is 0 Å². The molecule has 114 valence electrons. The van der Waals surface area contributed by atoms with Gasteiger partial charge in [0.25, 0.3) is 0 Å². The average Bonchev–Trinajstić information content (AvgIpc) is 2.54. The van der Waals surface area contributed by atoms with E-state index >= 15 is 0 Å². The van der Waals surface area contributed by atoms with Crippen LogP contribution in [0.3, 0.4) is 0 Å². The lowest BCUT2D eigenvalue weighted by molar-refractivity contribution is 0.0727. The molecule has 0 heterocycles. The SMILES string of the molecule is COc1ccc(C#CCO)cc1COCC1CCCCC1. The molecule has 0 unspecified atom stereocenters. The fraction of sp³-hybridized carbons (Fsp3) is 0.556. The van der Waals surface area contributed by atoms with E-state index in [4.69, 9.17) is 14.6 Å². The van der Waals surface area contributed by atoms with Crippen LogP contribution in [-0.2, 0) is 11.3 Å². The van der Waals surface area contributed by atoms with Gasteiger partial charge in [-0.3, -0.25) is 0 Å². The van der Waals surface area contributed by atoms with Gasteiger partial charge in [0, 0.05) is 17.7 Å². The molecule has 1 N–H and O–H groups in total. The molecule has 0 aliphatic heterocycles. The Kier molecular flexibility index (Phi) is 6.59. The predicted molar refractivity (Wildman–Crippen MR) is 83.2 cm³/mol. The summed E-state index contributed by atoms with van der Waals surface area (Å²) in [7, 11) is 1.67. The van der Waals surface area contributed by atoms with Crippen molar-refractivity contribution in [3.8, 4) is 17.6 Å². The molecule has 0 radical (unpaired) electrons. The highest BCUT2D eigenvalue weighted by molar-refractivity contribution is 5.44. The Hall–Kier alpha value is -1.50. The van der Waals surface area contributed by atoms with Crippen LogP contribution < -0.4 is 4.74 Å². The number of ether oxygens (including phenoxy) is 2. The summed E-state index contributed by atoms with van der Waals surface area (Å²) < 4.78 is 11.3. The largest absolute Gasteiger partial charge is 0.496 e. The molecule has 0 atom stereocenters. The van der Waals surface area contributed by atoms with Crippen LogP contribution in [0.15, 0.2) is 18.2 Å². The van der Waals surface area contributed by atoms with Gasteiger partial charge in [-0.1, -0.05) is 31.1 Å². The first-order valence-corrected chi connectivity index (χ1v) is 7.68. The highest BCUT2D eigenvalue weighted by atomic mass is 16.5. The third-order valence-electron chi connectivity index (χ3n) is 3.93. The van der Waals surface area contributed by atoms with Crippen LogP contribution in [0.5, 0.6) is 5.75 Å². The summed E-state index contributed by atoms with van der Waals surface area (Å²) >= 11 is 0. The van der Waals surface area contributed by atoms with Crippen LogP contribution in [0.2, 0.25) is 0 Å². The second-order valence-corrected chi connectivity index (χ2v) is 5.51. The van der Waals surface area contributed by atoms with Gasteiger partial charge >= 0.3 is 0 Å². The standard InChI is InChI=1S/C18H24O3/c1-20-18-10-9-15(8-5-11-19)12-17(18)14-21-13-16-6-3-2-4-7-16/h9-10,12,16,19H,2-4,6-7,11,13-14H2,1H3. The van der Waals surface area contributed by atoms with E-state index in [2.05, 4.69) is 11.8 Å². The second kappa shape index (κ2) is 8.71.